The zero-order valence-corrected chi connectivity index (χ0v) is 16.8. The molecule has 2 aromatic heterocycles. The van der Waals surface area contributed by atoms with Gasteiger partial charge in [-0.3, -0.25) is 18.6 Å². The highest BCUT2D eigenvalue weighted by Gasteiger charge is 2.26. The number of benzene rings is 1. The van der Waals surface area contributed by atoms with Crippen LogP contribution in [0.25, 0.3) is 22.4 Å². The van der Waals surface area contributed by atoms with E-state index < -0.39 is 0 Å². The number of hydrogen-bond acceptors (Lipinski definition) is 4. The van der Waals surface area contributed by atoms with Gasteiger partial charge in [-0.1, -0.05) is 18.6 Å². The number of aliphatic hydroxyl groups is 1. The fourth-order valence-electron chi connectivity index (χ4n) is 4.66. The number of aromatic nitrogens is 3. The van der Waals surface area contributed by atoms with Crippen LogP contribution in [0.2, 0.25) is 0 Å². The molecule has 1 fully saturated rings. The van der Waals surface area contributed by atoms with Gasteiger partial charge in [-0.2, -0.15) is 0 Å². The molecule has 7 nitrogen and oxygen atoms in total. The molecular weight excluding hydrogens is 366 g/mol. The lowest BCUT2D eigenvalue weighted by atomic mass is 10.1. The minimum Gasteiger partial charge on any atom is -0.493 e. The lowest BCUT2D eigenvalue weighted by molar-refractivity contribution is 0.0831. The van der Waals surface area contributed by atoms with E-state index in [1.807, 2.05) is 63.7 Å². The van der Waals surface area contributed by atoms with Crippen LogP contribution in [-0.4, -0.2) is 67.3 Å². The van der Waals surface area contributed by atoms with Crippen molar-refractivity contribution in [3.63, 3.8) is 0 Å². The van der Waals surface area contributed by atoms with Gasteiger partial charge in [0.1, 0.15) is 11.9 Å². The summed E-state index contributed by atoms with van der Waals surface area (Å²) in [6.07, 6.45) is 5.72. The standard InChI is InChI=1S/C22H27N5O2/c1-23-17-8-3-4-9-18(17)27-20(28)16-25(15-14-24-11-5-2-6-12-24)22(29)21(27)19-10-7-13-26(19)23/h3-4,7-10,13,29H,2,5-6,11-12,14-16H2,1H3. The van der Waals surface area contributed by atoms with Crippen molar-refractivity contribution in [2.24, 2.45) is 7.05 Å². The van der Waals surface area contributed by atoms with Crippen molar-refractivity contribution in [3.05, 3.63) is 47.9 Å². The predicted octanol–water partition coefficient (Wildman–Crippen LogP) is 2.14. The van der Waals surface area contributed by atoms with E-state index in [2.05, 4.69) is 4.90 Å². The van der Waals surface area contributed by atoms with Crippen LogP contribution in [0.1, 0.15) is 24.1 Å². The zero-order chi connectivity index (χ0) is 20.0. The van der Waals surface area contributed by atoms with E-state index in [-0.39, 0.29) is 18.3 Å². The Morgan fingerprint density at radius 1 is 0.931 bits per heavy atom. The first-order chi connectivity index (χ1) is 14.1. The highest BCUT2D eigenvalue weighted by Crippen LogP contribution is 2.17. The molecule has 1 N–H and O–H groups in total. The quantitative estimate of drug-likeness (QED) is 0.741. The van der Waals surface area contributed by atoms with Crippen molar-refractivity contribution in [1.82, 2.24) is 23.6 Å². The van der Waals surface area contributed by atoms with Gasteiger partial charge in [0.05, 0.1) is 16.6 Å². The smallest absolute Gasteiger partial charge is 0.251 e. The van der Waals surface area contributed by atoms with Gasteiger partial charge < -0.3 is 14.9 Å². The van der Waals surface area contributed by atoms with Gasteiger partial charge in [-0.15, -0.1) is 0 Å². The number of likely N-dealkylation sites (tertiary alicyclic amines) is 1. The third-order valence-corrected chi connectivity index (χ3v) is 6.21. The van der Waals surface area contributed by atoms with Crippen molar-refractivity contribution in [2.75, 3.05) is 32.7 Å². The van der Waals surface area contributed by atoms with E-state index in [0.29, 0.717) is 11.9 Å². The van der Waals surface area contributed by atoms with E-state index in [9.17, 15) is 9.90 Å². The Morgan fingerprint density at radius 3 is 2.45 bits per heavy atom. The fourth-order valence-corrected chi connectivity index (χ4v) is 4.66. The fraction of sp³-hybridized carbons (Fsp3) is 0.409. The Balaban J connectivity index is 1.71. The van der Waals surface area contributed by atoms with E-state index >= 15 is 0 Å². The number of nitrogens with zero attached hydrogens (tertiary/aromatic N) is 5. The highest BCUT2D eigenvalue weighted by molar-refractivity contribution is 5.93. The van der Waals surface area contributed by atoms with Crippen LogP contribution in [-0.2, 0) is 7.05 Å². The summed E-state index contributed by atoms with van der Waals surface area (Å²) < 4.78 is 5.66. The van der Waals surface area contributed by atoms with Crippen molar-refractivity contribution in [3.8, 4) is 0 Å². The molecule has 0 radical (unpaired) electrons. The van der Waals surface area contributed by atoms with Crippen molar-refractivity contribution in [1.29, 1.82) is 0 Å². The molecule has 0 unspecified atom stereocenters. The minimum atomic E-state index is -0.0213. The second-order valence-electron chi connectivity index (χ2n) is 7.98. The molecule has 1 saturated heterocycles. The summed E-state index contributed by atoms with van der Waals surface area (Å²) in [5, 5.41) is 11.8. The van der Waals surface area contributed by atoms with Crippen LogP contribution in [0.3, 0.4) is 0 Å². The largest absolute Gasteiger partial charge is 0.493 e. The third-order valence-electron chi connectivity index (χ3n) is 6.21. The maximum absolute atomic E-state index is 13.3. The summed E-state index contributed by atoms with van der Waals surface area (Å²) in [6, 6.07) is 11.7. The lowest BCUT2D eigenvalue weighted by Crippen LogP contribution is -2.48. The average Bonchev–Trinajstić information content (AvgIpc) is 3.20. The zero-order valence-electron chi connectivity index (χ0n) is 16.8. The van der Waals surface area contributed by atoms with Gasteiger partial charge in [0.2, 0.25) is 5.88 Å². The van der Waals surface area contributed by atoms with Crippen LogP contribution in [0, 0.1) is 0 Å². The van der Waals surface area contributed by atoms with Crippen LogP contribution in [0.4, 0.5) is 0 Å². The average molecular weight is 393 g/mol. The molecule has 5 rings (SSSR count). The van der Waals surface area contributed by atoms with Gasteiger partial charge >= 0.3 is 0 Å². The molecule has 1 aromatic carbocycles. The molecule has 29 heavy (non-hydrogen) atoms. The van der Waals surface area contributed by atoms with Crippen molar-refractivity contribution < 1.29 is 9.90 Å². The molecule has 0 atom stereocenters. The molecule has 0 aliphatic carbocycles. The van der Waals surface area contributed by atoms with Crippen LogP contribution < -0.4 is 5.35 Å². The molecule has 7 heteroatoms. The van der Waals surface area contributed by atoms with E-state index in [4.69, 9.17) is 0 Å². The Labute approximate surface area is 169 Å². The number of carbonyl (C=O) groups is 1. The van der Waals surface area contributed by atoms with Crippen LogP contribution >= 0.6 is 0 Å². The van der Waals surface area contributed by atoms with Gasteiger partial charge in [0, 0.05) is 26.3 Å². The van der Waals surface area contributed by atoms with Crippen molar-refractivity contribution in [2.45, 2.75) is 19.3 Å². The number of carbonyl (C=O) groups excluding carboxylic acids is 1. The summed E-state index contributed by atoms with van der Waals surface area (Å²) >= 11 is 0. The third kappa shape index (κ3) is 2.97. The highest BCUT2D eigenvalue weighted by atomic mass is 16.3. The number of piperidine rings is 1. The molecule has 152 valence electrons. The summed E-state index contributed by atoms with van der Waals surface area (Å²) in [5.74, 6) is 0.151. The topological polar surface area (TPSA) is 58.1 Å². The lowest BCUT2D eigenvalue weighted by Gasteiger charge is -2.32. The molecule has 3 aromatic rings. The Kier molecular flexibility index (Phi) is 4.47. The Hall–Kier alpha value is -2.93. The number of hydrogen-bond donors (Lipinski definition) is 1. The molecular formula is C22H27N5O2. The molecule has 0 spiro atoms. The second-order valence-corrected chi connectivity index (χ2v) is 7.98. The molecule has 2 aliphatic rings. The van der Waals surface area contributed by atoms with E-state index in [0.717, 1.165) is 36.2 Å². The number of aliphatic hydroxyl groups excluding tert-OH is 1. The van der Waals surface area contributed by atoms with Gasteiger partial charge in [-0.25, -0.2) is 0 Å². The number of rotatable bonds is 3. The molecule has 4 heterocycles. The number of aryl methyl sites for hydroxylation is 1. The van der Waals surface area contributed by atoms with Crippen LogP contribution in [0.15, 0.2) is 42.6 Å². The molecule has 0 bridgehead atoms. The number of para-hydroxylation sites is 2. The first-order valence-corrected chi connectivity index (χ1v) is 10.4. The molecule has 2 aliphatic heterocycles. The molecule has 0 saturated carbocycles. The van der Waals surface area contributed by atoms with Crippen LogP contribution in [0.5, 0.6) is 0 Å². The summed E-state index contributed by atoms with van der Waals surface area (Å²) in [4.78, 5) is 17.5. The maximum Gasteiger partial charge on any atom is 0.251 e. The van der Waals surface area contributed by atoms with Crippen molar-refractivity contribution >= 4 is 28.3 Å². The van der Waals surface area contributed by atoms with Gasteiger partial charge in [-0.05, 0) is 50.2 Å². The van der Waals surface area contributed by atoms with E-state index in [1.54, 1.807) is 4.57 Å². The minimum absolute atomic E-state index is 0.0213. The summed E-state index contributed by atoms with van der Waals surface area (Å²) in [6.45, 7) is 3.90. The monoisotopic (exact) mass is 393 g/mol. The van der Waals surface area contributed by atoms with E-state index in [1.165, 1.54) is 19.3 Å². The Bertz CT molecular complexity index is 1180. The summed E-state index contributed by atoms with van der Waals surface area (Å²) in [5.41, 5.74) is 2.51. The SMILES string of the molecule is Cn1c2ccccc2n2c(c3cccn31)=C(O)N(CCN1CCCCC1)CC2=O. The second kappa shape index (κ2) is 7.15. The first kappa shape index (κ1) is 18.1. The van der Waals surface area contributed by atoms with Gasteiger partial charge in [0.15, 0.2) is 0 Å². The first-order valence-electron chi connectivity index (χ1n) is 10.4. The number of fused-ring (bicyclic) bond motifs is 5. The maximum atomic E-state index is 13.3. The molecule has 0 amide bonds. The summed E-state index contributed by atoms with van der Waals surface area (Å²) in [7, 11) is 1.97. The Morgan fingerprint density at radius 2 is 1.66 bits per heavy atom. The van der Waals surface area contributed by atoms with Gasteiger partial charge in [0.25, 0.3) is 5.91 Å². The predicted molar refractivity (Wildman–Crippen MR) is 113 cm³/mol. The normalized spacial score (nSPS) is 17.9.